The minimum Gasteiger partial charge on any atom is -0.397 e. The molecule has 4 nitrogen and oxygen atoms in total. The molecule has 0 radical (unpaired) electrons. The number of aryl methyl sites for hydroxylation is 1. The topological polar surface area (TPSA) is 64.3 Å². The van der Waals surface area contributed by atoms with Gasteiger partial charge in [0.15, 0.2) is 0 Å². The van der Waals surface area contributed by atoms with E-state index in [0.29, 0.717) is 18.0 Å². The molecule has 1 saturated heterocycles. The van der Waals surface area contributed by atoms with E-state index in [4.69, 9.17) is 10.5 Å². The van der Waals surface area contributed by atoms with Crippen LogP contribution in [0.3, 0.4) is 0 Å². The van der Waals surface area contributed by atoms with Crippen molar-refractivity contribution in [3.63, 3.8) is 0 Å². The Kier molecular flexibility index (Phi) is 3.92. The van der Waals surface area contributed by atoms with Crippen molar-refractivity contribution in [3.05, 3.63) is 22.2 Å². The van der Waals surface area contributed by atoms with Crippen LogP contribution >= 0.6 is 15.9 Å². The molecule has 5 heteroatoms. The minimum absolute atomic E-state index is 0.0312. The molecule has 2 atom stereocenters. The third-order valence-electron chi connectivity index (χ3n) is 3.23. The summed E-state index contributed by atoms with van der Waals surface area (Å²) in [7, 11) is 0. The van der Waals surface area contributed by atoms with Crippen molar-refractivity contribution in [1.29, 1.82) is 0 Å². The number of benzene rings is 1. The van der Waals surface area contributed by atoms with Crippen LogP contribution in [-0.4, -0.2) is 18.6 Å². The highest BCUT2D eigenvalue weighted by molar-refractivity contribution is 9.10. The van der Waals surface area contributed by atoms with Crippen molar-refractivity contribution >= 4 is 33.2 Å². The molecule has 2 unspecified atom stereocenters. The minimum atomic E-state index is -0.0994. The Balaban J connectivity index is 2.17. The van der Waals surface area contributed by atoms with Gasteiger partial charge < -0.3 is 15.8 Å². The van der Waals surface area contributed by atoms with Crippen molar-refractivity contribution in [2.75, 3.05) is 17.7 Å². The number of carbonyl (C=O) groups is 1. The van der Waals surface area contributed by atoms with Gasteiger partial charge in [-0.3, -0.25) is 4.79 Å². The zero-order valence-electron chi connectivity index (χ0n) is 10.5. The van der Waals surface area contributed by atoms with Gasteiger partial charge in [-0.15, -0.1) is 0 Å². The summed E-state index contributed by atoms with van der Waals surface area (Å²) in [6.45, 7) is 4.52. The predicted molar refractivity (Wildman–Crippen MR) is 75.4 cm³/mol. The molecule has 0 saturated carbocycles. The van der Waals surface area contributed by atoms with Crippen LogP contribution in [0.4, 0.5) is 11.4 Å². The SMILES string of the molecule is Cc1cc(N)c(NC(=O)C2CCOC2C)c(Br)c1. The summed E-state index contributed by atoms with van der Waals surface area (Å²) in [5.74, 6) is -0.131. The Labute approximate surface area is 115 Å². The Morgan fingerprint density at radius 3 is 2.83 bits per heavy atom. The third kappa shape index (κ3) is 2.67. The monoisotopic (exact) mass is 312 g/mol. The number of hydrogen-bond donors (Lipinski definition) is 2. The van der Waals surface area contributed by atoms with Gasteiger partial charge in [0, 0.05) is 11.1 Å². The summed E-state index contributed by atoms with van der Waals surface area (Å²) in [6.07, 6.45) is 0.728. The van der Waals surface area contributed by atoms with Crippen LogP contribution in [0.1, 0.15) is 18.9 Å². The van der Waals surface area contributed by atoms with Gasteiger partial charge in [-0.2, -0.15) is 0 Å². The fourth-order valence-electron chi connectivity index (χ4n) is 2.19. The molecule has 1 aliphatic rings. The van der Waals surface area contributed by atoms with E-state index in [9.17, 15) is 4.79 Å². The van der Waals surface area contributed by atoms with Gasteiger partial charge in [0.25, 0.3) is 0 Å². The first kappa shape index (κ1) is 13.4. The lowest BCUT2D eigenvalue weighted by molar-refractivity contribution is -0.121. The molecule has 0 bridgehead atoms. The summed E-state index contributed by atoms with van der Waals surface area (Å²) >= 11 is 3.42. The van der Waals surface area contributed by atoms with Crippen LogP contribution < -0.4 is 11.1 Å². The maximum Gasteiger partial charge on any atom is 0.230 e. The average molecular weight is 313 g/mol. The fourth-order valence-corrected chi connectivity index (χ4v) is 2.88. The van der Waals surface area contributed by atoms with Gasteiger partial charge in [0.2, 0.25) is 5.91 Å². The molecule has 0 aromatic heterocycles. The Morgan fingerprint density at radius 1 is 1.56 bits per heavy atom. The van der Waals surface area contributed by atoms with Gasteiger partial charge in [0.05, 0.1) is 23.4 Å². The second-order valence-electron chi connectivity index (χ2n) is 4.67. The maximum atomic E-state index is 12.1. The van der Waals surface area contributed by atoms with Gasteiger partial charge in [-0.25, -0.2) is 0 Å². The molecule has 2 rings (SSSR count). The first-order valence-electron chi connectivity index (χ1n) is 5.97. The van der Waals surface area contributed by atoms with Crippen LogP contribution in [0.25, 0.3) is 0 Å². The smallest absolute Gasteiger partial charge is 0.230 e. The van der Waals surface area contributed by atoms with Gasteiger partial charge >= 0.3 is 0 Å². The third-order valence-corrected chi connectivity index (χ3v) is 3.85. The number of halogens is 1. The van der Waals surface area contributed by atoms with Crippen LogP contribution in [0.2, 0.25) is 0 Å². The van der Waals surface area contributed by atoms with Crippen molar-refractivity contribution in [2.24, 2.45) is 5.92 Å². The molecular formula is C13H17BrN2O2. The number of anilines is 2. The average Bonchev–Trinajstić information content (AvgIpc) is 2.69. The quantitative estimate of drug-likeness (QED) is 0.825. The first-order chi connectivity index (χ1) is 8.49. The lowest BCUT2D eigenvalue weighted by Gasteiger charge is -2.16. The van der Waals surface area contributed by atoms with Crippen molar-refractivity contribution in [2.45, 2.75) is 26.4 Å². The number of nitrogen functional groups attached to an aromatic ring is 1. The van der Waals surface area contributed by atoms with Crippen LogP contribution in [0.15, 0.2) is 16.6 Å². The maximum absolute atomic E-state index is 12.1. The van der Waals surface area contributed by atoms with Crippen LogP contribution in [0, 0.1) is 12.8 Å². The molecule has 1 fully saturated rings. The summed E-state index contributed by atoms with van der Waals surface area (Å²) in [6, 6.07) is 3.77. The largest absolute Gasteiger partial charge is 0.397 e. The molecule has 0 spiro atoms. The Morgan fingerprint density at radius 2 is 2.28 bits per heavy atom. The zero-order valence-corrected chi connectivity index (χ0v) is 12.1. The summed E-state index contributed by atoms with van der Waals surface area (Å²) in [4.78, 5) is 12.1. The Bertz CT molecular complexity index is 453. The molecule has 18 heavy (non-hydrogen) atoms. The molecule has 3 N–H and O–H groups in total. The van der Waals surface area contributed by atoms with Gasteiger partial charge in [0.1, 0.15) is 0 Å². The second kappa shape index (κ2) is 5.28. The summed E-state index contributed by atoms with van der Waals surface area (Å²) < 4.78 is 6.21. The molecule has 1 amide bonds. The highest BCUT2D eigenvalue weighted by Gasteiger charge is 2.31. The summed E-state index contributed by atoms with van der Waals surface area (Å²) in [5.41, 5.74) is 8.19. The highest BCUT2D eigenvalue weighted by atomic mass is 79.9. The number of amides is 1. The molecule has 1 aromatic carbocycles. The standard InChI is InChI=1S/C13H17BrN2O2/c1-7-5-10(14)12(11(15)6-7)16-13(17)9-3-4-18-8(9)2/h5-6,8-9H,3-4,15H2,1-2H3,(H,16,17). The number of rotatable bonds is 2. The second-order valence-corrected chi connectivity index (χ2v) is 5.53. The van der Waals surface area contributed by atoms with Crippen molar-refractivity contribution in [1.82, 2.24) is 0 Å². The molecule has 1 aliphatic heterocycles. The van der Waals surface area contributed by atoms with E-state index in [1.165, 1.54) is 0 Å². The van der Waals surface area contributed by atoms with E-state index in [1.54, 1.807) is 0 Å². The number of nitrogens with two attached hydrogens (primary N) is 1. The highest BCUT2D eigenvalue weighted by Crippen LogP contribution is 2.31. The summed E-state index contributed by atoms with van der Waals surface area (Å²) in [5, 5.41) is 2.89. The van der Waals surface area contributed by atoms with E-state index in [0.717, 1.165) is 16.5 Å². The molecule has 0 aliphatic carbocycles. The first-order valence-corrected chi connectivity index (χ1v) is 6.76. The lowest BCUT2D eigenvalue weighted by Crippen LogP contribution is -2.28. The van der Waals surface area contributed by atoms with E-state index in [2.05, 4.69) is 21.2 Å². The van der Waals surface area contributed by atoms with E-state index in [1.807, 2.05) is 26.0 Å². The zero-order chi connectivity index (χ0) is 13.3. The fraction of sp³-hybridized carbons (Fsp3) is 0.462. The molecular weight excluding hydrogens is 296 g/mol. The van der Waals surface area contributed by atoms with Crippen molar-refractivity contribution < 1.29 is 9.53 Å². The normalized spacial score (nSPS) is 23.1. The number of ether oxygens (including phenoxy) is 1. The van der Waals surface area contributed by atoms with Crippen LogP contribution in [0.5, 0.6) is 0 Å². The Hall–Kier alpha value is -1.07. The predicted octanol–water partition coefficient (Wildman–Crippen LogP) is 2.70. The van der Waals surface area contributed by atoms with Crippen LogP contribution in [-0.2, 0) is 9.53 Å². The van der Waals surface area contributed by atoms with Crippen molar-refractivity contribution in [3.8, 4) is 0 Å². The van der Waals surface area contributed by atoms with E-state index in [-0.39, 0.29) is 17.9 Å². The molecule has 1 aromatic rings. The number of nitrogens with one attached hydrogen (secondary N) is 1. The van der Waals surface area contributed by atoms with E-state index < -0.39 is 0 Å². The lowest BCUT2D eigenvalue weighted by atomic mass is 10.0. The molecule has 98 valence electrons. The molecule has 1 heterocycles. The van der Waals surface area contributed by atoms with E-state index >= 15 is 0 Å². The number of carbonyl (C=O) groups excluding carboxylic acids is 1. The number of hydrogen-bond acceptors (Lipinski definition) is 3. The van der Waals surface area contributed by atoms with Gasteiger partial charge in [-0.1, -0.05) is 0 Å². The van der Waals surface area contributed by atoms with Gasteiger partial charge in [-0.05, 0) is 53.9 Å².